The third-order valence-electron chi connectivity index (χ3n) is 5.20. The van der Waals surface area contributed by atoms with E-state index in [9.17, 15) is 5.11 Å². The Morgan fingerprint density at radius 1 is 1.19 bits per heavy atom. The molecule has 1 aliphatic heterocycles. The van der Waals surface area contributed by atoms with Crippen molar-refractivity contribution in [1.82, 2.24) is 19.5 Å². The van der Waals surface area contributed by atoms with Crippen molar-refractivity contribution in [2.24, 2.45) is 0 Å². The van der Waals surface area contributed by atoms with Crippen LogP contribution in [0.4, 0.5) is 0 Å². The number of benzene rings is 1. The summed E-state index contributed by atoms with van der Waals surface area (Å²) < 4.78 is 7.87. The number of fused-ring (bicyclic) bond motifs is 1. The number of aryl methyl sites for hydroxylation is 1. The summed E-state index contributed by atoms with van der Waals surface area (Å²) in [5.41, 5.74) is 1.97. The van der Waals surface area contributed by atoms with Gasteiger partial charge in [-0.05, 0) is 50.1 Å². The van der Waals surface area contributed by atoms with Gasteiger partial charge in [0.05, 0.1) is 0 Å². The molecule has 0 spiro atoms. The Kier molecular flexibility index (Phi) is 5.36. The summed E-state index contributed by atoms with van der Waals surface area (Å²) in [5.74, 6) is 2.18. The Balaban J connectivity index is 1.35. The first-order valence-electron chi connectivity index (χ1n) is 9.59. The molecular formula is C21H26N4O2. The number of rotatable bonds is 6. The van der Waals surface area contributed by atoms with Gasteiger partial charge in [-0.3, -0.25) is 9.30 Å². The molecule has 0 bridgehead atoms. The lowest BCUT2D eigenvalue weighted by atomic mass is 9.97. The molecule has 1 fully saturated rings. The Bertz CT molecular complexity index is 895. The SMILES string of the molecule is Cc1ccccc1OC[C@@H](O)CN1CCC[C@@H](c2nnc3ccccn23)C1. The van der Waals surface area contributed by atoms with E-state index in [0.29, 0.717) is 19.1 Å². The van der Waals surface area contributed by atoms with Crippen LogP contribution in [0, 0.1) is 6.92 Å². The fraction of sp³-hybridized carbons (Fsp3) is 0.429. The number of hydrogen-bond acceptors (Lipinski definition) is 5. The van der Waals surface area contributed by atoms with E-state index in [1.54, 1.807) is 0 Å². The normalized spacial score (nSPS) is 19.3. The lowest BCUT2D eigenvalue weighted by Gasteiger charge is -2.33. The zero-order valence-electron chi connectivity index (χ0n) is 15.7. The molecule has 1 aliphatic rings. The zero-order chi connectivity index (χ0) is 18.6. The number of ether oxygens (including phenoxy) is 1. The number of piperidine rings is 1. The van der Waals surface area contributed by atoms with Crippen LogP contribution in [0.5, 0.6) is 5.75 Å². The van der Waals surface area contributed by atoms with Crippen molar-refractivity contribution in [2.45, 2.75) is 31.8 Å². The molecule has 27 heavy (non-hydrogen) atoms. The molecule has 0 aliphatic carbocycles. The fourth-order valence-corrected chi connectivity index (χ4v) is 3.83. The molecule has 0 unspecified atom stereocenters. The van der Waals surface area contributed by atoms with Gasteiger partial charge in [-0.2, -0.15) is 0 Å². The quantitative estimate of drug-likeness (QED) is 0.727. The molecule has 0 radical (unpaired) electrons. The Labute approximate surface area is 159 Å². The average Bonchev–Trinajstić information content (AvgIpc) is 3.12. The second kappa shape index (κ2) is 8.06. The number of pyridine rings is 1. The van der Waals surface area contributed by atoms with Gasteiger partial charge in [-0.25, -0.2) is 0 Å². The van der Waals surface area contributed by atoms with Crippen LogP contribution in [0.15, 0.2) is 48.7 Å². The predicted octanol–water partition coefficient (Wildman–Crippen LogP) is 2.66. The number of likely N-dealkylation sites (tertiary alicyclic amines) is 1. The molecule has 6 nitrogen and oxygen atoms in total. The first-order valence-corrected chi connectivity index (χ1v) is 9.59. The van der Waals surface area contributed by atoms with Crippen LogP contribution >= 0.6 is 0 Å². The standard InChI is InChI=1S/C21H26N4O2/c1-16-7-2-3-9-19(16)27-15-18(26)14-24-11-6-8-17(13-24)21-23-22-20-10-4-5-12-25(20)21/h2-5,7,9-10,12,17-18,26H,6,8,11,13-15H2,1H3/t17-,18+/m1/s1. The van der Waals surface area contributed by atoms with Crippen LogP contribution in [0.2, 0.25) is 0 Å². The third-order valence-corrected chi connectivity index (χ3v) is 5.20. The molecule has 0 amide bonds. The lowest BCUT2D eigenvalue weighted by Crippen LogP contribution is -2.41. The van der Waals surface area contributed by atoms with Gasteiger partial charge in [0.15, 0.2) is 5.65 Å². The van der Waals surface area contributed by atoms with Gasteiger partial charge in [0.2, 0.25) is 0 Å². The molecule has 3 aromatic rings. The van der Waals surface area contributed by atoms with Crippen LogP contribution in [0.25, 0.3) is 5.65 Å². The number of hydrogen-bond donors (Lipinski definition) is 1. The number of β-amino-alcohol motifs (C(OH)–C–C–N with tert-alkyl or cyclic N) is 1. The number of nitrogens with zero attached hydrogens (tertiary/aromatic N) is 4. The predicted molar refractivity (Wildman–Crippen MR) is 104 cm³/mol. The zero-order valence-corrected chi connectivity index (χ0v) is 15.7. The van der Waals surface area contributed by atoms with Crippen LogP contribution in [-0.2, 0) is 0 Å². The number of aromatic nitrogens is 3. The monoisotopic (exact) mass is 366 g/mol. The van der Waals surface area contributed by atoms with E-state index in [-0.39, 0.29) is 0 Å². The molecule has 4 rings (SSSR count). The molecule has 0 saturated carbocycles. The van der Waals surface area contributed by atoms with Crippen molar-refractivity contribution in [3.05, 3.63) is 60.0 Å². The summed E-state index contributed by atoms with van der Waals surface area (Å²) in [4.78, 5) is 2.31. The maximum atomic E-state index is 10.4. The Morgan fingerprint density at radius 3 is 2.93 bits per heavy atom. The average molecular weight is 366 g/mol. The number of aliphatic hydroxyl groups excluding tert-OH is 1. The van der Waals surface area contributed by atoms with E-state index in [1.807, 2.05) is 55.6 Å². The Morgan fingerprint density at radius 2 is 2.04 bits per heavy atom. The van der Waals surface area contributed by atoms with Gasteiger partial charge in [0.25, 0.3) is 0 Å². The van der Waals surface area contributed by atoms with Crippen LogP contribution in [0.1, 0.15) is 30.1 Å². The maximum absolute atomic E-state index is 10.4. The highest BCUT2D eigenvalue weighted by atomic mass is 16.5. The fourth-order valence-electron chi connectivity index (χ4n) is 3.83. The minimum Gasteiger partial charge on any atom is -0.491 e. The van der Waals surface area contributed by atoms with Gasteiger partial charge in [0.1, 0.15) is 24.3 Å². The summed E-state index contributed by atoms with van der Waals surface area (Å²) in [6.07, 6.45) is 3.70. The van der Waals surface area contributed by atoms with Crippen molar-refractivity contribution >= 4 is 5.65 Å². The summed E-state index contributed by atoms with van der Waals surface area (Å²) in [6, 6.07) is 13.9. The second-order valence-electron chi connectivity index (χ2n) is 7.32. The molecule has 142 valence electrons. The largest absolute Gasteiger partial charge is 0.491 e. The van der Waals surface area contributed by atoms with E-state index < -0.39 is 6.10 Å². The van der Waals surface area contributed by atoms with Crippen LogP contribution in [0.3, 0.4) is 0 Å². The summed E-state index contributed by atoms with van der Waals surface area (Å²) in [7, 11) is 0. The minimum atomic E-state index is -0.515. The van der Waals surface area contributed by atoms with E-state index in [4.69, 9.17) is 4.74 Å². The highest BCUT2D eigenvalue weighted by molar-refractivity contribution is 5.37. The highest BCUT2D eigenvalue weighted by Crippen LogP contribution is 2.26. The summed E-state index contributed by atoms with van der Waals surface area (Å²) in [5, 5.41) is 19.1. The second-order valence-corrected chi connectivity index (χ2v) is 7.32. The van der Waals surface area contributed by atoms with Crippen molar-refractivity contribution in [3.8, 4) is 5.75 Å². The van der Waals surface area contributed by atoms with E-state index in [0.717, 1.165) is 48.7 Å². The first-order chi connectivity index (χ1) is 13.2. The smallest absolute Gasteiger partial charge is 0.160 e. The molecule has 1 aromatic carbocycles. The highest BCUT2D eigenvalue weighted by Gasteiger charge is 2.26. The van der Waals surface area contributed by atoms with Crippen molar-refractivity contribution < 1.29 is 9.84 Å². The molecule has 2 atom stereocenters. The Hall–Kier alpha value is -2.44. The van der Waals surface area contributed by atoms with Gasteiger partial charge >= 0.3 is 0 Å². The van der Waals surface area contributed by atoms with Gasteiger partial charge < -0.3 is 9.84 Å². The molecular weight excluding hydrogens is 340 g/mol. The van der Waals surface area contributed by atoms with Gasteiger partial charge in [-0.15, -0.1) is 10.2 Å². The molecule has 3 heterocycles. The van der Waals surface area contributed by atoms with Crippen LogP contribution in [-0.4, -0.2) is 56.9 Å². The summed E-state index contributed by atoms with van der Waals surface area (Å²) >= 11 is 0. The van der Waals surface area contributed by atoms with E-state index >= 15 is 0 Å². The molecule has 6 heteroatoms. The van der Waals surface area contributed by atoms with Crippen molar-refractivity contribution in [2.75, 3.05) is 26.2 Å². The van der Waals surface area contributed by atoms with E-state index in [1.165, 1.54) is 0 Å². The van der Waals surface area contributed by atoms with E-state index in [2.05, 4.69) is 19.5 Å². The molecule has 1 N–H and O–H groups in total. The number of aliphatic hydroxyl groups is 1. The lowest BCUT2D eigenvalue weighted by molar-refractivity contribution is 0.0575. The third kappa shape index (κ3) is 4.12. The van der Waals surface area contributed by atoms with Crippen LogP contribution < -0.4 is 4.74 Å². The van der Waals surface area contributed by atoms with Gasteiger partial charge in [0, 0.05) is 25.2 Å². The number of para-hydroxylation sites is 1. The first kappa shape index (κ1) is 17.9. The molecule has 1 saturated heterocycles. The topological polar surface area (TPSA) is 62.9 Å². The summed E-state index contributed by atoms with van der Waals surface area (Å²) in [6.45, 7) is 4.81. The van der Waals surface area contributed by atoms with Gasteiger partial charge in [-0.1, -0.05) is 24.3 Å². The maximum Gasteiger partial charge on any atom is 0.160 e. The molecule has 2 aromatic heterocycles. The van der Waals surface area contributed by atoms with Crippen molar-refractivity contribution in [3.63, 3.8) is 0 Å². The van der Waals surface area contributed by atoms with Crippen molar-refractivity contribution in [1.29, 1.82) is 0 Å². The minimum absolute atomic E-state index is 0.305.